The van der Waals surface area contributed by atoms with Crippen LogP contribution in [0.15, 0.2) is 16.7 Å². The van der Waals surface area contributed by atoms with Crippen LogP contribution in [0.1, 0.15) is 20.8 Å². The second kappa shape index (κ2) is 3.47. The van der Waals surface area contributed by atoms with Gasteiger partial charge in [-0.2, -0.15) is 0 Å². The van der Waals surface area contributed by atoms with Gasteiger partial charge in [-0.25, -0.2) is 0 Å². The smallest absolute Gasteiger partial charge is 0.109 e. The van der Waals surface area contributed by atoms with Crippen molar-refractivity contribution in [1.29, 1.82) is 0 Å². The molecule has 0 bridgehead atoms. The predicted molar refractivity (Wildman–Crippen MR) is 38.3 cm³/mol. The zero-order chi connectivity index (χ0) is 6.57. The minimum atomic E-state index is 0.742. The highest BCUT2D eigenvalue weighted by molar-refractivity contribution is 6.21. The lowest BCUT2D eigenvalue weighted by molar-refractivity contribution is 1.45. The molecule has 0 rings (SSSR count). The summed E-state index contributed by atoms with van der Waals surface area (Å²) in [5, 5.41) is 0. The molecule has 0 unspecified atom stereocenters. The molecule has 1 nitrogen and oxygen atoms in total. The highest BCUT2D eigenvalue weighted by atomic mass is 14.7. The maximum Gasteiger partial charge on any atom is 0.109 e. The molecular weight excluding hydrogens is 96.9 g/mol. The van der Waals surface area contributed by atoms with E-state index in [4.69, 9.17) is 7.85 Å². The van der Waals surface area contributed by atoms with Crippen molar-refractivity contribution in [2.24, 2.45) is 4.99 Å². The van der Waals surface area contributed by atoms with Crippen LogP contribution in [-0.4, -0.2) is 13.6 Å². The van der Waals surface area contributed by atoms with Crippen LogP contribution in [0.5, 0.6) is 0 Å². The summed E-state index contributed by atoms with van der Waals surface area (Å²) in [6, 6.07) is 0. The van der Waals surface area contributed by atoms with E-state index in [2.05, 4.69) is 4.99 Å². The fourth-order valence-corrected chi connectivity index (χ4v) is 0.231. The fraction of sp³-hybridized carbons (Fsp3) is 0.500. The zero-order valence-electron chi connectivity index (χ0n) is 5.60. The number of allylic oxidation sites excluding steroid dienone is 1. The molecule has 0 fully saturated rings. The third kappa shape index (κ3) is 5.47. The van der Waals surface area contributed by atoms with E-state index in [1.54, 1.807) is 6.20 Å². The van der Waals surface area contributed by atoms with Crippen LogP contribution < -0.4 is 0 Å². The van der Waals surface area contributed by atoms with Crippen molar-refractivity contribution in [2.75, 3.05) is 0 Å². The first kappa shape index (κ1) is 7.47. The first-order chi connectivity index (χ1) is 3.63. The molecule has 0 aromatic heterocycles. The van der Waals surface area contributed by atoms with Crippen molar-refractivity contribution in [3.8, 4) is 0 Å². The van der Waals surface area contributed by atoms with Gasteiger partial charge in [0.15, 0.2) is 0 Å². The highest BCUT2D eigenvalue weighted by Crippen LogP contribution is 1.84. The predicted octanol–water partition coefficient (Wildman–Crippen LogP) is 1.50. The van der Waals surface area contributed by atoms with Gasteiger partial charge in [-0.3, -0.25) is 4.99 Å². The van der Waals surface area contributed by atoms with Gasteiger partial charge in [0.1, 0.15) is 7.85 Å². The Labute approximate surface area is 51.9 Å². The van der Waals surface area contributed by atoms with Crippen LogP contribution >= 0.6 is 0 Å². The molecule has 0 heterocycles. The molecule has 0 amide bonds. The molecule has 0 atom stereocenters. The van der Waals surface area contributed by atoms with Gasteiger partial charge in [0.2, 0.25) is 0 Å². The molecule has 0 saturated heterocycles. The van der Waals surface area contributed by atoms with Crippen LogP contribution in [-0.2, 0) is 0 Å². The average molecular weight is 107 g/mol. The average Bonchev–Trinajstić information content (AvgIpc) is 1.61. The highest BCUT2D eigenvalue weighted by Gasteiger charge is 1.72. The van der Waals surface area contributed by atoms with Gasteiger partial charge >= 0.3 is 0 Å². The summed E-state index contributed by atoms with van der Waals surface area (Å²) in [6.07, 6.45) is 1.65. The monoisotopic (exact) mass is 107 g/mol. The quantitative estimate of drug-likeness (QED) is 0.355. The van der Waals surface area contributed by atoms with Crippen LogP contribution in [0.4, 0.5) is 0 Å². The maximum atomic E-state index is 5.29. The third-order valence-corrected chi connectivity index (χ3v) is 0.526. The third-order valence-electron chi connectivity index (χ3n) is 0.526. The summed E-state index contributed by atoms with van der Waals surface area (Å²) in [5.41, 5.74) is 1.76. The second-order valence-corrected chi connectivity index (χ2v) is 1.95. The Hall–Kier alpha value is -0.525. The zero-order valence-corrected chi connectivity index (χ0v) is 5.60. The molecule has 0 aliphatic carbocycles. The van der Waals surface area contributed by atoms with Gasteiger partial charge in [-0.15, -0.1) is 5.47 Å². The van der Waals surface area contributed by atoms with Crippen molar-refractivity contribution in [3.63, 3.8) is 0 Å². The lowest BCUT2D eigenvalue weighted by Gasteiger charge is -1.84. The van der Waals surface area contributed by atoms with Gasteiger partial charge in [0, 0.05) is 11.9 Å². The number of nitrogens with zero attached hydrogens (tertiary/aromatic N) is 1. The lowest BCUT2D eigenvalue weighted by Crippen LogP contribution is -1.77. The standard InChI is InChI=1S/C6H10BN/c1-5(2)8-4-6(3)7/h4H,1-3H3/b6-4-. The molecule has 2 radical (unpaired) electrons. The minimum Gasteiger partial charge on any atom is -0.267 e. The molecule has 0 spiro atoms. The SMILES string of the molecule is [B]/C(C)=C\N=C(C)C. The Balaban J connectivity index is 3.76. The summed E-state index contributed by atoms with van der Waals surface area (Å²) in [6.45, 7) is 5.67. The van der Waals surface area contributed by atoms with E-state index >= 15 is 0 Å². The molecule has 8 heavy (non-hydrogen) atoms. The van der Waals surface area contributed by atoms with E-state index in [0.29, 0.717) is 0 Å². The summed E-state index contributed by atoms with van der Waals surface area (Å²) < 4.78 is 0. The van der Waals surface area contributed by atoms with Crippen molar-refractivity contribution in [2.45, 2.75) is 20.8 Å². The Kier molecular flexibility index (Phi) is 3.25. The molecule has 42 valence electrons. The molecule has 0 aromatic rings. The summed E-state index contributed by atoms with van der Waals surface area (Å²) >= 11 is 0. The van der Waals surface area contributed by atoms with E-state index in [1.807, 2.05) is 20.8 Å². The number of hydrogen-bond donors (Lipinski definition) is 0. The van der Waals surface area contributed by atoms with E-state index < -0.39 is 0 Å². The van der Waals surface area contributed by atoms with E-state index in [9.17, 15) is 0 Å². The molecule has 0 aromatic carbocycles. The Bertz CT molecular complexity index is 100. The number of rotatable bonds is 1. The van der Waals surface area contributed by atoms with Gasteiger partial charge in [-0.1, -0.05) is 6.92 Å². The second-order valence-electron chi connectivity index (χ2n) is 1.95. The molecular formula is C6H10BN. The topological polar surface area (TPSA) is 12.4 Å². The first-order valence-electron chi connectivity index (χ1n) is 2.56. The first-order valence-corrected chi connectivity index (χ1v) is 2.56. The van der Waals surface area contributed by atoms with Gasteiger partial charge in [-0.05, 0) is 13.8 Å². The van der Waals surface area contributed by atoms with Crippen molar-refractivity contribution >= 4 is 13.6 Å². The van der Waals surface area contributed by atoms with Crippen LogP contribution in [0.3, 0.4) is 0 Å². The van der Waals surface area contributed by atoms with E-state index in [0.717, 1.165) is 11.2 Å². The van der Waals surface area contributed by atoms with Gasteiger partial charge < -0.3 is 0 Å². The summed E-state index contributed by atoms with van der Waals surface area (Å²) in [7, 11) is 5.29. The fourth-order valence-electron chi connectivity index (χ4n) is 0.231. The van der Waals surface area contributed by atoms with Crippen molar-refractivity contribution < 1.29 is 0 Å². The molecule has 0 aliphatic heterocycles. The Morgan fingerprint density at radius 3 is 2.00 bits per heavy atom. The largest absolute Gasteiger partial charge is 0.267 e. The molecule has 0 saturated carbocycles. The minimum absolute atomic E-state index is 0.742. The molecule has 0 aliphatic rings. The van der Waals surface area contributed by atoms with Crippen molar-refractivity contribution in [3.05, 3.63) is 11.7 Å². The maximum absolute atomic E-state index is 5.29. The van der Waals surface area contributed by atoms with Crippen molar-refractivity contribution in [1.82, 2.24) is 0 Å². The number of hydrogen-bond acceptors (Lipinski definition) is 1. The number of aliphatic imine (C=N–C) groups is 1. The Morgan fingerprint density at radius 1 is 1.38 bits per heavy atom. The van der Waals surface area contributed by atoms with Gasteiger partial charge in [0.05, 0.1) is 0 Å². The summed E-state index contributed by atoms with van der Waals surface area (Å²) in [4.78, 5) is 3.95. The lowest BCUT2D eigenvalue weighted by atomic mass is 10.00. The Morgan fingerprint density at radius 2 is 1.88 bits per heavy atom. The molecule has 0 N–H and O–H groups in total. The van der Waals surface area contributed by atoms with Crippen LogP contribution in [0.25, 0.3) is 0 Å². The van der Waals surface area contributed by atoms with Crippen LogP contribution in [0.2, 0.25) is 0 Å². The van der Waals surface area contributed by atoms with E-state index in [-0.39, 0.29) is 0 Å². The normalized spacial score (nSPS) is 11.1. The van der Waals surface area contributed by atoms with Crippen LogP contribution in [0, 0.1) is 0 Å². The van der Waals surface area contributed by atoms with Gasteiger partial charge in [0.25, 0.3) is 0 Å². The van der Waals surface area contributed by atoms with E-state index in [1.165, 1.54) is 0 Å². The molecule has 2 heteroatoms. The summed E-state index contributed by atoms with van der Waals surface area (Å²) in [5.74, 6) is 0.